The van der Waals surface area contributed by atoms with E-state index in [2.05, 4.69) is 21.2 Å². The van der Waals surface area contributed by atoms with Crippen molar-refractivity contribution < 1.29 is 26.4 Å². The zero-order valence-corrected chi connectivity index (χ0v) is 17.5. The van der Waals surface area contributed by atoms with Gasteiger partial charge >= 0.3 is 6.18 Å². The van der Waals surface area contributed by atoms with Gasteiger partial charge in [-0.05, 0) is 55.3 Å². The minimum atomic E-state index is -4.51. The van der Waals surface area contributed by atoms with Crippen LogP contribution in [0.25, 0.3) is 0 Å². The number of amides is 1. The van der Waals surface area contributed by atoms with Crippen molar-refractivity contribution >= 4 is 37.5 Å². The van der Waals surface area contributed by atoms with Crippen LogP contribution in [0.4, 0.5) is 18.9 Å². The molecule has 2 aromatic carbocycles. The van der Waals surface area contributed by atoms with Gasteiger partial charge in [0.25, 0.3) is 0 Å². The molecule has 1 atom stereocenters. The van der Waals surface area contributed by atoms with E-state index in [0.717, 1.165) is 16.6 Å². The summed E-state index contributed by atoms with van der Waals surface area (Å²) in [6, 6.07) is 10.6. The Labute approximate surface area is 175 Å². The first kappa shape index (κ1) is 21.8. The minimum absolute atomic E-state index is 0.0246. The lowest BCUT2D eigenvalue weighted by Crippen LogP contribution is -2.43. The topological polar surface area (TPSA) is 66.5 Å². The van der Waals surface area contributed by atoms with Gasteiger partial charge in [0.15, 0.2) is 0 Å². The first-order valence-electron chi connectivity index (χ1n) is 8.81. The van der Waals surface area contributed by atoms with Crippen molar-refractivity contribution in [3.63, 3.8) is 0 Å². The van der Waals surface area contributed by atoms with Gasteiger partial charge in [-0.3, -0.25) is 4.79 Å². The van der Waals surface area contributed by atoms with Crippen LogP contribution in [0.15, 0.2) is 57.9 Å². The third-order valence-corrected chi connectivity index (χ3v) is 7.07. The predicted octanol–water partition coefficient (Wildman–Crippen LogP) is 4.51. The number of alkyl halides is 3. The molecule has 10 heteroatoms. The fourth-order valence-electron chi connectivity index (χ4n) is 3.15. The number of benzene rings is 2. The molecule has 156 valence electrons. The molecule has 0 aromatic heterocycles. The van der Waals surface area contributed by atoms with Gasteiger partial charge in [-0.2, -0.15) is 17.5 Å². The second-order valence-electron chi connectivity index (χ2n) is 6.72. The van der Waals surface area contributed by atoms with Gasteiger partial charge in [-0.15, -0.1) is 0 Å². The molecule has 2 aromatic rings. The van der Waals surface area contributed by atoms with E-state index < -0.39 is 33.6 Å². The Balaban J connectivity index is 1.72. The van der Waals surface area contributed by atoms with E-state index >= 15 is 0 Å². The van der Waals surface area contributed by atoms with E-state index in [-0.39, 0.29) is 23.7 Å². The molecule has 3 rings (SSSR count). The smallest absolute Gasteiger partial charge is 0.326 e. The molecule has 0 saturated carbocycles. The number of carbonyl (C=O) groups excluding carboxylic acids is 1. The summed E-state index contributed by atoms with van der Waals surface area (Å²) >= 11 is 3.25. The predicted molar refractivity (Wildman–Crippen MR) is 106 cm³/mol. The van der Waals surface area contributed by atoms with Crippen LogP contribution in [0.1, 0.15) is 18.4 Å². The van der Waals surface area contributed by atoms with E-state index in [4.69, 9.17) is 0 Å². The van der Waals surface area contributed by atoms with Crippen LogP contribution in [0.3, 0.4) is 0 Å². The Morgan fingerprint density at radius 2 is 1.83 bits per heavy atom. The minimum Gasteiger partial charge on any atom is -0.326 e. The summed E-state index contributed by atoms with van der Waals surface area (Å²) in [4.78, 5) is 12.7. The molecule has 0 radical (unpaired) electrons. The fraction of sp³-hybridized carbons (Fsp3) is 0.316. The highest BCUT2D eigenvalue weighted by Gasteiger charge is 2.34. The number of nitrogens with zero attached hydrogens (tertiary/aromatic N) is 1. The molecule has 1 fully saturated rings. The number of halogens is 4. The maximum atomic E-state index is 12.8. The molecule has 5 nitrogen and oxygen atoms in total. The number of nitrogens with one attached hydrogen (secondary N) is 1. The summed E-state index contributed by atoms with van der Waals surface area (Å²) in [5, 5.41) is 2.48. The van der Waals surface area contributed by atoms with Gasteiger partial charge in [0.2, 0.25) is 15.9 Å². The monoisotopic (exact) mass is 490 g/mol. The van der Waals surface area contributed by atoms with Crippen LogP contribution in [-0.2, 0) is 21.0 Å². The van der Waals surface area contributed by atoms with Gasteiger partial charge in [-0.1, -0.05) is 22.0 Å². The molecule has 1 unspecified atom stereocenters. The average Bonchev–Trinajstić information content (AvgIpc) is 2.68. The van der Waals surface area contributed by atoms with E-state index in [9.17, 15) is 26.4 Å². The maximum Gasteiger partial charge on any atom is 0.416 e. The summed E-state index contributed by atoms with van der Waals surface area (Å²) in [7, 11) is -3.76. The van der Waals surface area contributed by atoms with Crippen molar-refractivity contribution in [3.05, 3.63) is 58.6 Å². The molecule has 1 N–H and O–H groups in total. The molecule has 1 aliphatic heterocycles. The molecule has 1 amide bonds. The number of carbonyl (C=O) groups is 1. The Kier molecular flexibility index (Phi) is 6.35. The second kappa shape index (κ2) is 8.45. The van der Waals surface area contributed by atoms with E-state index in [0.29, 0.717) is 12.8 Å². The van der Waals surface area contributed by atoms with E-state index in [1.807, 2.05) is 0 Å². The standard InChI is InChI=1S/C19H18BrF3N2O3S/c20-15-6-8-17(9-7-15)29(27,28)25-10-2-3-13(12-25)18(26)24-16-5-1-4-14(11-16)19(21,22)23/h1,4-9,11,13H,2-3,10,12H2,(H,24,26). The lowest BCUT2D eigenvalue weighted by atomic mass is 9.98. The molecule has 29 heavy (non-hydrogen) atoms. The first-order chi connectivity index (χ1) is 13.6. The first-order valence-corrected chi connectivity index (χ1v) is 11.0. The van der Waals surface area contributed by atoms with Gasteiger partial charge in [0.05, 0.1) is 16.4 Å². The third kappa shape index (κ3) is 5.18. The number of hydrogen-bond acceptors (Lipinski definition) is 3. The van der Waals surface area contributed by atoms with Crippen LogP contribution >= 0.6 is 15.9 Å². The molecule has 0 spiro atoms. The van der Waals surface area contributed by atoms with Crippen LogP contribution in [0.2, 0.25) is 0 Å². The third-order valence-electron chi connectivity index (χ3n) is 4.66. The van der Waals surface area contributed by atoms with Crippen molar-refractivity contribution in [1.29, 1.82) is 0 Å². The summed E-state index contributed by atoms with van der Waals surface area (Å²) in [6.45, 7) is 0.259. The molecular formula is C19H18BrF3N2O3S. The zero-order chi connectivity index (χ0) is 21.2. The highest BCUT2D eigenvalue weighted by Crippen LogP contribution is 2.31. The molecule has 1 heterocycles. The van der Waals surface area contributed by atoms with Crippen molar-refractivity contribution in [2.24, 2.45) is 5.92 Å². The Morgan fingerprint density at radius 3 is 2.48 bits per heavy atom. The summed E-state index contributed by atoms with van der Waals surface area (Å²) in [5.74, 6) is -1.15. The van der Waals surface area contributed by atoms with Crippen LogP contribution < -0.4 is 5.32 Å². The van der Waals surface area contributed by atoms with Crippen molar-refractivity contribution in [3.8, 4) is 0 Å². The quantitative estimate of drug-likeness (QED) is 0.685. The number of hydrogen-bond donors (Lipinski definition) is 1. The largest absolute Gasteiger partial charge is 0.416 e. The van der Waals surface area contributed by atoms with Crippen molar-refractivity contribution in [2.45, 2.75) is 23.9 Å². The fourth-order valence-corrected chi connectivity index (χ4v) is 4.94. The summed E-state index contributed by atoms with van der Waals surface area (Å²) in [5.41, 5.74) is -0.837. The normalized spacial score (nSPS) is 18.4. The van der Waals surface area contributed by atoms with Crippen LogP contribution in [-0.4, -0.2) is 31.7 Å². The van der Waals surface area contributed by atoms with Gasteiger partial charge in [-0.25, -0.2) is 8.42 Å². The Bertz CT molecular complexity index is 995. The Morgan fingerprint density at radius 1 is 1.14 bits per heavy atom. The van der Waals surface area contributed by atoms with Crippen molar-refractivity contribution in [2.75, 3.05) is 18.4 Å². The SMILES string of the molecule is O=C(Nc1cccc(C(F)(F)F)c1)C1CCCN(S(=O)(=O)c2ccc(Br)cc2)C1. The maximum absolute atomic E-state index is 12.8. The molecule has 1 saturated heterocycles. The number of anilines is 1. The Hall–Kier alpha value is -1.91. The van der Waals surface area contributed by atoms with Crippen LogP contribution in [0.5, 0.6) is 0 Å². The summed E-state index contributed by atoms with van der Waals surface area (Å²) in [6.07, 6.45) is -3.57. The zero-order valence-electron chi connectivity index (χ0n) is 15.1. The van der Waals surface area contributed by atoms with Gasteiger partial charge in [0.1, 0.15) is 0 Å². The average molecular weight is 491 g/mol. The van der Waals surface area contributed by atoms with E-state index in [1.54, 1.807) is 12.1 Å². The number of sulfonamides is 1. The molecule has 1 aliphatic rings. The molecular weight excluding hydrogens is 473 g/mol. The number of rotatable bonds is 4. The number of piperidine rings is 1. The van der Waals surface area contributed by atoms with Gasteiger partial charge < -0.3 is 5.32 Å². The molecule has 0 aliphatic carbocycles. The van der Waals surface area contributed by atoms with E-state index in [1.165, 1.54) is 28.6 Å². The van der Waals surface area contributed by atoms with Gasteiger partial charge in [0, 0.05) is 23.2 Å². The van der Waals surface area contributed by atoms with Crippen molar-refractivity contribution in [1.82, 2.24) is 4.31 Å². The lowest BCUT2D eigenvalue weighted by Gasteiger charge is -2.31. The lowest BCUT2D eigenvalue weighted by molar-refractivity contribution is -0.137. The van der Waals surface area contributed by atoms with Crippen LogP contribution in [0, 0.1) is 5.92 Å². The molecule has 0 bridgehead atoms. The highest BCUT2D eigenvalue weighted by molar-refractivity contribution is 9.10. The summed E-state index contributed by atoms with van der Waals surface area (Å²) < 4.78 is 66.2. The second-order valence-corrected chi connectivity index (χ2v) is 9.58. The highest BCUT2D eigenvalue weighted by atomic mass is 79.9.